The number of fused-ring (bicyclic) bond motifs is 1. The molecule has 1 aliphatic heterocycles. The fraction of sp³-hybridized carbons (Fsp3) is 0.435. The van der Waals surface area contributed by atoms with Crippen LogP contribution in [-0.4, -0.2) is 37.5 Å². The van der Waals surface area contributed by atoms with E-state index in [-0.39, 0.29) is 17.6 Å². The number of ether oxygens (including phenoxy) is 1. The molecule has 2 aromatic carbocycles. The smallest absolute Gasteiger partial charge is 0.243 e. The number of likely N-dealkylation sites (N-methyl/N-ethyl adjacent to an activating group) is 1. The predicted molar refractivity (Wildman–Crippen MR) is 118 cm³/mol. The van der Waals surface area contributed by atoms with Crippen molar-refractivity contribution in [1.82, 2.24) is 9.62 Å². The fourth-order valence-electron chi connectivity index (χ4n) is 4.03. The SMILES string of the molecule is CCC1(CC)C[C@H](NC(=O)[C@H](c2ccccc2)N(C)S(C)(=O)=O)c2ccccc2O1. The molecule has 0 fully saturated rings. The van der Waals surface area contributed by atoms with Crippen LogP contribution in [0.5, 0.6) is 5.75 Å². The van der Waals surface area contributed by atoms with Gasteiger partial charge >= 0.3 is 0 Å². The summed E-state index contributed by atoms with van der Waals surface area (Å²) >= 11 is 0. The van der Waals surface area contributed by atoms with Crippen LogP contribution < -0.4 is 10.1 Å². The van der Waals surface area contributed by atoms with Gasteiger partial charge in [-0.15, -0.1) is 0 Å². The molecule has 1 aliphatic rings. The third-order valence-corrected chi connectivity index (χ3v) is 7.31. The molecular formula is C23H30N2O4S. The summed E-state index contributed by atoms with van der Waals surface area (Å²) in [6.07, 6.45) is 3.37. The van der Waals surface area contributed by atoms with Crippen LogP contribution in [0, 0.1) is 0 Å². The lowest BCUT2D eigenvalue weighted by molar-refractivity contribution is -0.126. The number of para-hydroxylation sites is 1. The molecule has 0 aromatic heterocycles. The normalized spacial score (nSPS) is 18.9. The number of hydrogen-bond donors (Lipinski definition) is 1. The third-order valence-electron chi connectivity index (χ3n) is 6.05. The molecule has 0 bridgehead atoms. The first kappa shape index (κ1) is 22.3. The first-order valence-electron chi connectivity index (χ1n) is 10.3. The quantitative estimate of drug-likeness (QED) is 0.725. The molecule has 3 rings (SSSR count). The molecule has 2 atom stereocenters. The average molecular weight is 431 g/mol. The Morgan fingerprint density at radius 2 is 1.73 bits per heavy atom. The van der Waals surface area contributed by atoms with Gasteiger partial charge in [0.1, 0.15) is 17.4 Å². The van der Waals surface area contributed by atoms with Gasteiger partial charge in [-0.05, 0) is 24.5 Å². The highest BCUT2D eigenvalue weighted by Crippen LogP contribution is 2.43. The van der Waals surface area contributed by atoms with Gasteiger partial charge in [-0.1, -0.05) is 62.4 Å². The van der Waals surface area contributed by atoms with Crippen LogP contribution in [0.3, 0.4) is 0 Å². The molecule has 0 unspecified atom stereocenters. The van der Waals surface area contributed by atoms with Crippen molar-refractivity contribution < 1.29 is 17.9 Å². The van der Waals surface area contributed by atoms with E-state index >= 15 is 0 Å². The summed E-state index contributed by atoms with van der Waals surface area (Å²) in [6, 6.07) is 15.5. The minimum atomic E-state index is -3.58. The van der Waals surface area contributed by atoms with E-state index in [0.29, 0.717) is 12.0 Å². The zero-order chi connectivity index (χ0) is 21.9. The standard InChI is InChI=1S/C23H30N2O4S/c1-5-23(6-2)16-19(18-14-10-11-15-20(18)29-23)24-22(26)21(25(3)30(4,27)28)17-12-8-7-9-13-17/h7-15,19,21H,5-6,16H2,1-4H3,(H,24,26)/t19-,21-/m0/s1. The second-order valence-electron chi connectivity index (χ2n) is 7.89. The summed E-state index contributed by atoms with van der Waals surface area (Å²) < 4.78 is 32.0. The highest BCUT2D eigenvalue weighted by molar-refractivity contribution is 7.88. The number of carbonyl (C=O) groups is 1. The minimum Gasteiger partial charge on any atom is -0.487 e. The summed E-state index contributed by atoms with van der Waals surface area (Å²) in [4.78, 5) is 13.4. The molecule has 0 aliphatic carbocycles. The van der Waals surface area contributed by atoms with E-state index in [1.807, 2.05) is 30.3 Å². The summed E-state index contributed by atoms with van der Waals surface area (Å²) in [5.41, 5.74) is 1.18. The molecule has 6 nitrogen and oxygen atoms in total. The third kappa shape index (κ3) is 4.52. The molecule has 0 saturated heterocycles. The molecule has 1 heterocycles. The van der Waals surface area contributed by atoms with Gasteiger partial charge in [-0.25, -0.2) is 8.42 Å². The van der Waals surface area contributed by atoms with Gasteiger partial charge in [0.25, 0.3) is 0 Å². The lowest BCUT2D eigenvalue weighted by atomic mass is 9.83. The second-order valence-corrected chi connectivity index (χ2v) is 9.93. The Balaban J connectivity index is 1.97. The van der Waals surface area contributed by atoms with E-state index in [9.17, 15) is 13.2 Å². The molecule has 1 amide bonds. The van der Waals surface area contributed by atoms with Gasteiger partial charge < -0.3 is 10.1 Å². The Labute approximate surface area is 179 Å². The Hall–Kier alpha value is -2.38. The Morgan fingerprint density at radius 3 is 2.33 bits per heavy atom. The Bertz CT molecular complexity index is 987. The average Bonchev–Trinajstić information content (AvgIpc) is 2.73. The number of sulfonamides is 1. The Morgan fingerprint density at radius 1 is 1.13 bits per heavy atom. The topological polar surface area (TPSA) is 75.7 Å². The molecule has 1 N–H and O–H groups in total. The lowest BCUT2D eigenvalue weighted by Crippen LogP contribution is -2.47. The van der Waals surface area contributed by atoms with E-state index in [1.165, 1.54) is 7.05 Å². The van der Waals surface area contributed by atoms with E-state index in [4.69, 9.17) is 4.74 Å². The molecule has 162 valence electrons. The van der Waals surface area contributed by atoms with E-state index in [1.54, 1.807) is 24.3 Å². The van der Waals surface area contributed by atoms with Crippen LogP contribution in [0.4, 0.5) is 0 Å². The summed E-state index contributed by atoms with van der Waals surface area (Å²) in [5.74, 6) is 0.419. The highest BCUT2D eigenvalue weighted by Gasteiger charge is 2.40. The summed E-state index contributed by atoms with van der Waals surface area (Å²) in [7, 11) is -2.14. The number of carbonyl (C=O) groups excluding carboxylic acids is 1. The number of benzene rings is 2. The zero-order valence-electron chi connectivity index (χ0n) is 18.0. The second kappa shape index (κ2) is 8.78. The van der Waals surface area contributed by atoms with Gasteiger partial charge in [0.05, 0.1) is 12.3 Å². The minimum absolute atomic E-state index is 0.262. The molecule has 0 saturated carbocycles. The summed E-state index contributed by atoms with van der Waals surface area (Å²) in [6.45, 7) is 4.17. The molecule has 30 heavy (non-hydrogen) atoms. The maximum Gasteiger partial charge on any atom is 0.243 e. The van der Waals surface area contributed by atoms with Crippen molar-refractivity contribution >= 4 is 15.9 Å². The van der Waals surface area contributed by atoms with Crippen molar-refractivity contribution in [2.75, 3.05) is 13.3 Å². The predicted octanol–water partition coefficient (Wildman–Crippen LogP) is 3.82. The molecule has 0 spiro atoms. The van der Waals surface area contributed by atoms with Crippen molar-refractivity contribution in [3.8, 4) is 5.75 Å². The van der Waals surface area contributed by atoms with Crippen LogP contribution >= 0.6 is 0 Å². The fourth-order valence-corrected chi connectivity index (χ4v) is 4.63. The first-order valence-corrected chi connectivity index (χ1v) is 12.1. The molecular weight excluding hydrogens is 400 g/mol. The van der Waals surface area contributed by atoms with Gasteiger partial charge in [0.2, 0.25) is 15.9 Å². The number of amides is 1. The number of nitrogens with one attached hydrogen (secondary N) is 1. The van der Waals surface area contributed by atoms with Crippen LogP contribution in [-0.2, 0) is 14.8 Å². The number of nitrogens with zero attached hydrogens (tertiary/aromatic N) is 1. The highest BCUT2D eigenvalue weighted by atomic mass is 32.2. The van der Waals surface area contributed by atoms with Crippen LogP contribution in [0.15, 0.2) is 54.6 Å². The van der Waals surface area contributed by atoms with Crippen molar-refractivity contribution in [3.63, 3.8) is 0 Å². The monoisotopic (exact) mass is 430 g/mol. The van der Waals surface area contributed by atoms with Crippen LogP contribution in [0.1, 0.15) is 56.3 Å². The molecule has 7 heteroatoms. The maximum absolute atomic E-state index is 13.4. The summed E-state index contributed by atoms with van der Waals surface area (Å²) in [5, 5.41) is 3.12. The number of rotatable bonds is 7. The largest absolute Gasteiger partial charge is 0.487 e. The van der Waals surface area contributed by atoms with Crippen LogP contribution in [0.2, 0.25) is 0 Å². The van der Waals surface area contributed by atoms with Crippen molar-refractivity contribution in [1.29, 1.82) is 0 Å². The maximum atomic E-state index is 13.4. The van der Waals surface area contributed by atoms with Crippen molar-refractivity contribution in [2.45, 2.75) is 50.8 Å². The van der Waals surface area contributed by atoms with Gasteiger partial charge in [0.15, 0.2) is 0 Å². The van der Waals surface area contributed by atoms with E-state index < -0.39 is 16.1 Å². The van der Waals surface area contributed by atoms with E-state index in [2.05, 4.69) is 19.2 Å². The Kier molecular flexibility index (Phi) is 6.53. The van der Waals surface area contributed by atoms with Crippen LogP contribution in [0.25, 0.3) is 0 Å². The lowest BCUT2D eigenvalue weighted by Gasteiger charge is -2.42. The van der Waals surface area contributed by atoms with Crippen molar-refractivity contribution in [3.05, 3.63) is 65.7 Å². The zero-order valence-corrected chi connectivity index (χ0v) is 18.8. The molecule has 0 radical (unpaired) electrons. The first-order chi connectivity index (χ1) is 14.2. The van der Waals surface area contributed by atoms with Gasteiger partial charge in [-0.3, -0.25) is 4.79 Å². The van der Waals surface area contributed by atoms with Gasteiger partial charge in [0, 0.05) is 19.0 Å². The van der Waals surface area contributed by atoms with E-state index in [0.717, 1.165) is 34.7 Å². The number of hydrogen-bond acceptors (Lipinski definition) is 4. The van der Waals surface area contributed by atoms with Gasteiger partial charge in [-0.2, -0.15) is 4.31 Å². The molecule has 2 aromatic rings. The van der Waals surface area contributed by atoms with Crippen molar-refractivity contribution in [2.24, 2.45) is 0 Å².